The van der Waals surface area contributed by atoms with Crippen molar-refractivity contribution in [2.24, 2.45) is 0 Å². The number of benzene rings is 1. The van der Waals surface area contributed by atoms with E-state index in [1.165, 1.54) is 11.1 Å². The van der Waals surface area contributed by atoms with Crippen molar-refractivity contribution in [3.05, 3.63) is 35.4 Å². The second-order valence-electron chi connectivity index (χ2n) is 3.87. The molecule has 0 radical (unpaired) electrons. The van der Waals surface area contributed by atoms with E-state index in [1.54, 1.807) is 7.11 Å². The zero-order valence-electron chi connectivity index (χ0n) is 10.1. The maximum Gasteiger partial charge on any atom is 0.0716 e. The number of nitrogens with one attached hydrogen (secondary N) is 1. The summed E-state index contributed by atoms with van der Waals surface area (Å²) in [7, 11) is 1.70. The topological polar surface area (TPSA) is 41.5 Å². The fraction of sp³-hybridized carbons (Fsp3) is 0.538. The lowest BCUT2D eigenvalue weighted by atomic mass is 10.1. The van der Waals surface area contributed by atoms with Crippen molar-refractivity contribution in [2.75, 3.05) is 13.7 Å². The number of hydrogen-bond acceptors (Lipinski definition) is 3. The standard InChI is InChI=1S/C13H21NO2/c1-3-13(9-15)14-8-11-6-4-5-7-12(11)10-16-2/h4-7,13-15H,3,8-10H2,1-2H3. The third kappa shape index (κ3) is 3.93. The van der Waals surface area contributed by atoms with Crippen molar-refractivity contribution in [1.29, 1.82) is 0 Å². The van der Waals surface area contributed by atoms with E-state index in [4.69, 9.17) is 9.84 Å². The molecule has 0 saturated carbocycles. The van der Waals surface area contributed by atoms with Gasteiger partial charge in [-0.05, 0) is 17.5 Å². The van der Waals surface area contributed by atoms with Crippen molar-refractivity contribution in [2.45, 2.75) is 32.5 Å². The maximum atomic E-state index is 9.09. The van der Waals surface area contributed by atoms with Crippen LogP contribution >= 0.6 is 0 Å². The Kier molecular flexibility index (Phi) is 6.08. The lowest BCUT2D eigenvalue weighted by Gasteiger charge is -2.15. The third-order valence-corrected chi connectivity index (χ3v) is 2.71. The van der Waals surface area contributed by atoms with Crippen LogP contribution in [0.3, 0.4) is 0 Å². The van der Waals surface area contributed by atoms with Gasteiger partial charge in [-0.2, -0.15) is 0 Å². The lowest BCUT2D eigenvalue weighted by Crippen LogP contribution is -2.31. The van der Waals surface area contributed by atoms with E-state index in [2.05, 4.69) is 24.4 Å². The van der Waals surface area contributed by atoms with Gasteiger partial charge in [-0.1, -0.05) is 31.2 Å². The highest BCUT2D eigenvalue weighted by Crippen LogP contribution is 2.10. The van der Waals surface area contributed by atoms with Gasteiger partial charge in [0.05, 0.1) is 13.2 Å². The smallest absolute Gasteiger partial charge is 0.0716 e. The van der Waals surface area contributed by atoms with Gasteiger partial charge in [0.1, 0.15) is 0 Å². The van der Waals surface area contributed by atoms with Crippen molar-refractivity contribution < 1.29 is 9.84 Å². The largest absolute Gasteiger partial charge is 0.395 e. The minimum absolute atomic E-state index is 0.176. The molecule has 0 fully saturated rings. The molecule has 1 atom stereocenters. The van der Waals surface area contributed by atoms with Crippen LogP contribution in [0.2, 0.25) is 0 Å². The fourth-order valence-electron chi connectivity index (χ4n) is 1.62. The van der Waals surface area contributed by atoms with E-state index in [9.17, 15) is 0 Å². The van der Waals surface area contributed by atoms with Gasteiger partial charge in [0.2, 0.25) is 0 Å². The number of methoxy groups -OCH3 is 1. The molecule has 2 N–H and O–H groups in total. The van der Waals surface area contributed by atoms with Crippen LogP contribution in [0.15, 0.2) is 24.3 Å². The molecule has 0 amide bonds. The van der Waals surface area contributed by atoms with Gasteiger partial charge in [-0.3, -0.25) is 0 Å². The van der Waals surface area contributed by atoms with Crippen LogP contribution < -0.4 is 5.32 Å². The molecule has 0 bridgehead atoms. The Balaban J connectivity index is 2.58. The van der Waals surface area contributed by atoms with E-state index in [1.807, 2.05) is 12.1 Å². The number of rotatable bonds is 7. The predicted molar refractivity (Wildman–Crippen MR) is 65.2 cm³/mol. The van der Waals surface area contributed by atoms with Crippen LogP contribution in [-0.4, -0.2) is 24.9 Å². The highest BCUT2D eigenvalue weighted by molar-refractivity contribution is 5.26. The first-order chi connectivity index (χ1) is 7.81. The van der Waals surface area contributed by atoms with E-state index in [0.29, 0.717) is 6.61 Å². The van der Waals surface area contributed by atoms with Gasteiger partial charge in [0.15, 0.2) is 0 Å². The van der Waals surface area contributed by atoms with Gasteiger partial charge in [0, 0.05) is 19.7 Å². The summed E-state index contributed by atoms with van der Waals surface area (Å²) in [5.41, 5.74) is 2.43. The van der Waals surface area contributed by atoms with Gasteiger partial charge in [-0.15, -0.1) is 0 Å². The van der Waals surface area contributed by atoms with Crippen molar-refractivity contribution in [3.63, 3.8) is 0 Å². The summed E-state index contributed by atoms with van der Waals surface area (Å²) in [6, 6.07) is 8.37. The summed E-state index contributed by atoms with van der Waals surface area (Å²) >= 11 is 0. The normalized spacial score (nSPS) is 12.7. The minimum Gasteiger partial charge on any atom is -0.395 e. The number of hydrogen-bond donors (Lipinski definition) is 2. The summed E-state index contributed by atoms with van der Waals surface area (Å²) < 4.78 is 5.15. The summed E-state index contributed by atoms with van der Waals surface area (Å²) in [4.78, 5) is 0. The molecule has 0 aliphatic carbocycles. The SMILES string of the molecule is CCC(CO)NCc1ccccc1COC. The first kappa shape index (κ1) is 13.2. The number of aliphatic hydroxyl groups excluding tert-OH is 1. The Morgan fingerprint density at radius 1 is 1.31 bits per heavy atom. The molecule has 3 heteroatoms. The first-order valence-corrected chi connectivity index (χ1v) is 5.71. The Morgan fingerprint density at radius 2 is 2.00 bits per heavy atom. The number of ether oxygens (including phenoxy) is 1. The Hall–Kier alpha value is -0.900. The van der Waals surface area contributed by atoms with Gasteiger partial charge < -0.3 is 15.2 Å². The molecule has 1 unspecified atom stereocenters. The second-order valence-corrected chi connectivity index (χ2v) is 3.87. The molecule has 1 rings (SSSR count). The van der Waals surface area contributed by atoms with Gasteiger partial charge >= 0.3 is 0 Å². The summed E-state index contributed by atoms with van der Waals surface area (Å²) in [6.45, 7) is 3.66. The van der Waals surface area contributed by atoms with Crippen molar-refractivity contribution in [1.82, 2.24) is 5.32 Å². The highest BCUT2D eigenvalue weighted by atomic mass is 16.5. The summed E-state index contributed by atoms with van der Waals surface area (Å²) in [5.74, 6) is 0. The fourth-order valence-corrected chi connectivity index (χ4v) is 1.62. The highest BCUT2D eigenvalue weighted by Gasteiger charge is 2.05. The molecule has 90 valence electrons. The molecule has 0 aromatic heterocycles. The van der Waals surface area contributed by atoms with Crippen LogP contribution in [0.25, 0.3) is 0 Å². The molecule has 0 saturated heterocycles. The molecular weight excluding hydrogens is 202 g/mol. The van der Waals surface area contributed by atoms with Crippen molar-refractivity contribution in [3.8, 4) is 0 Å². The quantitative estimate of drug-likeness (QED) is 0.739. The van der Waals surface area contributed by atoms with E-state index >= 15 is 0 Å². The Bertz CT molecular complexity index is 298. The molecule has 0 aliphatic rings. The molecule has 3 nitrogen and oxygen atoms in total. The van der Waals surface area contributed by atoms with Gasteiger partial charge in [0.25, 0.3) is 0 Å². The molecule has 1 aromatic rings. The molecule has 16 heavy (non-hydrogen) atoms. The molecule has 0 spiro atoms. The van der Waals surface area contributed by atoms with E-state index in [-0.39, 0.29) is 12.6 Å². The molecule has 0 aliphatic heterocycles. The third-order valence-electron chi connectivity index (χ3n) is 2.71. The molecule has 1 aromatic carbocycles. The molecular formula is C13H21NO2. The summed E-state index contributed by atoms with van der Waals surface area (Å²) in [6.07, 6.45) is 0.933. The minimum atomic E-state index is 0.176. The Morgan fingerprint density at radius 3 is 2.56 bits per heavy atom. The zero-order chi connectivity index (χ0) is 11.8. The average molecular weight is 223 g/mol. The summed E-state index contributed by atoms with van der Waals surface area (Å²) in [5, 5.41) is 12.4. The zero-order valence-corrected chi connectivity index (χ0v) is 10.1. The van der Waals surface area contributed by atoms with E-state index < -0.39 is 0 Å². The van der Waals surface area contributed by atoms with Crippen LogP contribution in [0, 0.1) is 0 Å². The van der Waals surface area contributed by atoms with Crippen LogP contribution in [0.5, 0.6) is 0 Å². The Labute approximate surface area is 97.4 Å². The lowest BCUT2D eigenvalue weighted by molar-refractivity contribution is 0.183. The predicted octanol–water partition coefficient (Wildman–Crippen LogP) is 1.69. The second kappa shape index (κ2) is 7.39. The number of aliphatic hydroxyl groups is 1. The van der Waals surface area contributed by atoms with Crippen molar-refractivity contribution >= 4 is 0 Å². The van der Waals surface area contributed by atoms with Crippen LogP contribution in [0.1, 0.15) is 24.5 Å². The maximum absolute atomic E-state index is 9.09. The monoisotopic (exact) mass is 223 g/mol. The van der Waals surface area contributed by atoms with Crippen LogP contribution in [0.4, 0.5) is 0 Å². The van der Waals surface area contributed by atoms with Crippen LogP contribution in [-0.2, 0) is 17.9 Å². The molecule has 0 heterocycles. The average Bonchev–Trinajstić information content (AvgIpc) is 2.33. The van der Waals surface area contributed by atoms with E-state index in [0.717, 1.165) is 13.0 Å². The van der Waals surface area contributed by atoms with Gasteiger partial charge in [-0.25, -0.2) is 0 Å². The first-order valence-electron chi connectivity index (χ1n) is 5.71.